The van der Waals surface area contributed by atoms with Gasteiger partial charge >= 0.3 is 0 Å². The van der Waals surface area contributed by atoms with E-state index in [1.807, 2.05) is 10.6 Å². The molecule has 3 atom stereocenters. The Morgan fingerprint density at radius 3 is 2.83 bits per heavy atom. The normalized spacial score (nSPS) is 28.5. The van der Waals surface area contributed by atoms with Gasteiger partial charge in [-0.25, -0.2) is 9.97 Å². The number of fused-ring (bicyclic) bond motifs is 1. The Morgan fingerprint density at radius 2 is 2.08 bits per heavy atom. The van der Waals surface area contributed by atoms with Crippen molar-refractivity contribution in [1.29, 1.82) is 0 Å². The van der Waals surface area contributed by atoms with Crippen LogP contribution in [0.25, 0.3) is 11.2 Å². The summed E-state index contributed by atoms with van der Waals surface area (Å²) in [6, 6.07) is 2.47. The van der Waals surface area contributed by atoms with Crippen molar-refractivity contribution in [3.8, 4) is 0 Å². The number of pyridine rings is 1. The molecule has 24 heavy (non-hydrogen) atoms. The first-order valence-corrected chi connectivity index (χ1v) is 8.78. The molecule has 2 aromatic heterocycles. The summed E-state index contributed by atoms with van der Waals surface area (Å²) >= 11 is 0. The fraction of sp³-hybridized carbons (Fsp3) is 0.647. The third-order valence-corrected chi connectivity index (χ3v) is 5.12. The maximum atomic E-state index is 9.95. The van der Waals surface area contributed by atoms with E-state index in [1.165, 1.54) is 32.1 Å². The maximum absolute atomic E-state index is 9.95. The van der Waals surface area contributed by atoms with Crippen LogP contribution in [-0.4, -0.2) is 49.6 Å². The Hall–Kier alpha value is -1.70. The first-order valence-electron chi connectivity index (χ1n) is 8.78. The number of aliphatic hydroxyl groups excluding tert-OH is 2. The van der Waals surface area contributed by atoms with E-state index in [4.69, 9.17) is 4.74 Å². The van der Waals surface area contributed by atoms with Crippen LogP contribution < -0.4 is 5.32 Å². The van der Waals surface area contributed by atoms with Crippen LogP contribution in [0.1, 0.15) is 44.8 Å². The molecule has 2 aliphatic rings. The number of nitrogens with zero attached hydrogens (tertiary/aromatic N) is 3. The molecule has 2 aromatic rings. The predicted octanol–water partition coefficient (Wildman–Crippen LogP) is 1.82. The number of anilines is 1. The zero-order chi connectivity index (χ0) is 16.5. The molecule has 0 aromatic carbocycles. The van der Waals surface area contributed by atoms with Crippen LogP contribution in [0, 0.1) is 0 Å². The number of hydrogen-bond acceptors (Lipinski definition) is 6. The van der Waals surface area contributed by atoms with Crippen molar-refractivity contribution in [3.63, 3.8) is 0 Å². The second-order valence-corrected chi connectivity index (χ2v) is 6.78. The summed E-state index contributed by atoms with van der Waals surface area (Å²) in [6.45, 7) is -0.188. The highest BCUT2D eigenvalue weighted by atomic mass is 16.5. The van der Waals surface area contributed by atoms with E-state index < -0.39 is 12.2 Å². The largest absolute Gasteiger partial charge is 0.394 e. The zero-order valence-electron chi connectivity index (χ0n) is 13.6. The lowest BCUT2D eigenvalue weighted by molar-refractivity contribution is -0.0432. The first kappa shape index (κ1) is 15.8. The minimum absolute atomic E-state index is 0.188. The molecule has 0 amide bonds. The standard InChI is InChI=1S/C17H24N4O3/c22-9-14-13(23)8-15(24-14)21-10-19-16-12(6-7-18-17(16)21)20-11-4-2-1-3-5-11/h6-7,10-11,13-15,22-23H,1-5,8-9H2,(H,18,20)/t13-,14+,15+/m0/s1. The molecule has 7 nitrogen and oxygen atoms in total. The average molecular weight is 332 g/mol. The summed E-state index contributed by atoms with van der Waals surface area (Å²) in [5.41, 5.74) is 2.57. The van der Waals surface area contributed by atoms with Crippen LogP contribution in [0.15, 0.2) is 18.6 Å². The number of nitrogens with one attached hydrogen (secondary N) is 1. The summed E-state index contributed by atoms with van der Waals surface area (Å²) in [7, 11) is 0. The summed E-state index contributed by atoms with van der Waals surface area (Å²) in [5, 5.41) is 22.8. The van der Waals surface area contributed by atoms with Crippen LogP contribution >= 0.6 is 0 Å². The summed E-state index contributed by atoms with van der Waals surface area (Å²) in [5.74, 6) is 0. The van der Waals surface area contributed by atoms with Crippen molar-refractivity contribution in [1.82, 2.24) is 14.5 Å². The molecule has 0 bridgehead atoms. The van der Waals surface area contributed by atoms with Gasteiger partial charge in [-0.3, -0.25) is 4.57 Å². The number of ether oxygens (including phenoxy) is 1. The molecule has 1 saturated carbocycles. The highest BCUT2D eigenvalue weighted by Gasteiger charge is 2.35. The Labute approximate surface area is 140 Å². The van der Waals surface area contributed by atoms with Crippen molar-refractivity contribution in [2.75, 3.05) is 11.9 Å². The minimum atomic E-state index is -0.666. The molecule has 4 rings (SSSR count). The Bertz CT molecular complexity index is 698. The smallest absolute Gasteiger partial charge is 0.164 e. The third-order valence-electron chi connectivity index (χ3n) is 5.12. The molecule has 1 aliphatic carbocycles. The van der Waals surface area contributed by atoms with Gasteiger partial charge in [-0.05, 0) is 18.9 Å². The van der Waals surface area contributed by atoms with Gasteiger partial charge in [0.15, 0.2) is 5.65 Å². The van der Waals surface area contributed by atoms with E-state index in [1.54, 1.807) is 12.5 Å². The molecule has 0 spiro atoms. The quantitative estimate of drug-likeness (QED) is 0.791. The predicted molar refractivity (Wildman–Crippen MR) is 89.6 cm³/mol. The minimum Gasteiger partial charge on any atom is -0.394 e. The van der Waals surface area contributed by atoms with E-state index in [-0.39, 0.29) is 12.8 Å². The number of aliphatic hydroxyl groups is 2. The summed E-state index contributed by atoms with van der Waals surface area (Å²) < 4.78 is 7.58. The molecular formula is C17H24N4O3. The van der Waals surface area contributed by atoms with Gasteiger partial charge < -0.3 is 20.3 Å². The molecule has 7 heteroatoms. The van der Waals surface area contributed by atoms with E-state index in [9.17, 15) is 10.2 Å². The lowest BCUT2D eigenvalue weighted by Gasteiger charge is -2.23. The van der Waals surface area contributed by atoms with E-state index in [0.717, 1.165) is 16.9 Å². The molecule has 0 radical (unpaired) electrons. The highest BCUT2D eigenvalue weighted by molar-refractivity contribution is 5.85. The highest BCUT2D eigenvalue weighted by Crippen LogP contribution is 2.32. The van der Waals surface area contributed by atoms with Gasteiger partial charge in [0, 0.05) is 18.7 Å². The van der Waals surface area contributed by atoms with Crippen LogP contribution in [0.5, 0.6) is 0 Å². The van der Waals surface area contributed by atoms with Gasteiger partial charge in [-0.1, -0.05) is 19.3 Å². The van der Waals surface area contributed by atoms with Crippen molar-refractivity contribution in [2.24, 2.45) is 0 Å². The SMILES string of the molecule is OC[C@H]1O[C@@H](n2cnc3c(NC4CCCCC4)ccnc32)C[C@@H]1O. The Kier molecular flexibility index (Phi) is 4.39. The van der Waals surface area contributed by atoms with Gasteiger partial charge in [-0.15, -0.1) is 0 Å². The van der Waals surface area contributed by atoms with Crippen LogP contribution in [0.4, 0.5) is 5.69 Å². The van der Waals surface area contributed by atoms with Crippen molar-refractivity contribution >= 4 is 16.9 Å². The topological polar surface area (TPSA) is 92.4 Å². The molecule has 130 valence electrons. The van der Waals surface area contributed by atoms with E-state index in [0.29, 0.717) is 12.5 Å². The van der Waals surface area contributed by atoms with Crippen molar-refractivity contribution < 1.29 is 14.9 Å². The van der Waals surface area contributed by atoms with Crippen molar-refractivity contribution in [3.05, 3.63) is 18.6 Å². The maximum Gasteiger partial charge on any atom is 0.164 e. The number of hydrogen-bond donors (Lipinski definition) is 3. The monoisotopic (exact) mass is 332 g/mol. The van der Waals surface area contributed by atoms with Crippen molar-refractivity contribution in [2.45, 2.75) is 63.0 Å². The Morgan fingerprint density at radius 1 is 1.25 bits per heavy atom. The summed E-state index contributed by atoms with van der Waals surface area (Å²) in [6.07, 6.45) is 8.62. The van der Waals surface area contributed by atoms with Gasteiger partial charge in [0.2, 0.25) is 0 Å². The van der Waals surface area contributed by atoms with Crippen LogP contribution in [-0.2, 0) is 4.74 Å². The van der Waals surface area contributed by atoms with E-state index >= 15 is 0 Å². The molecule has 1 saturated heterocycles. The van der Waals surface area contributed by atoms with E-state index in [2.05, 4.69) is 15.3 Å². The second-order valence-electron chi connectivity index (χ2n) is 6.78. The molecular weight excluding hydrogens is 308 g/mol. The molecule has 0 unspecified atom stereocenters. The fourth-order valence-electron chi connectivity index (χ4n) is 3.78. The second kappa shape index (κ2) is 6.66. The van der Waals surface area contributed by atoms with Gasteiger partial charge in [0.25, 0.3) is 0 Å². The van der Waals surface area contributed by atoms with Crippen LogP contribution in [0.3, 0.4) is 0 Å². The molecule has 3 N–H and O–H groups in total. The molecule has 2 fully saturated rings. The first-order chi connectivity index (χ1) is 11.8. The van der Waals surface area contributed by atoms with Crippen LogP contribution in [0.2, 0.25) is 0 Å². The van der Waals surface area contributed by atoms with Gasteiger partial charge in [0.1, 0.15) is 17.8 Å². The Balaban J connectivity index is 1.59. The average Bonchev–Trinajstić information content (AvgIpc) is 3.19. The van der Waals surface area contributed by atoms with Gasteiger partial charge in [0.05, 0.1) is 24.7 Å². The third kappa shape index (κ3) is 2.87. The lowest BCUT2D eigenvalue weighted by atomic mass is 9.95. The molecule has 1 aliphatic heterocycles. The number of rotatable bonds is 4. The summed E-state index contributed by atoms with van der Waals surface area (Å²) in [4.78, 5) is 8.97. The molecule has 3 heterocycles. The number of aromatic nitrogens is 3. The number of imidazole rings is 1. The zero-order valence-corrected chi connectivity index (χ0v) is 13.6. The fourth-order valence-corrected chi connectivity index (χ4v) is 3.78. The van der Waals surface area contributed by atoms with Gasteiger partial charge in [-0.2, -0.15) is 0 Å². The lowest BCUT2D eigenvalue weighted by Crippen LogP contribution is -2.24.